The van der Waals surface area contributed by atoms with E-state index in [1.807, 2.05) is 6.07 Å². The third-order valence-electron chi connectivity index (χ3n) is 4.86. The molecule has 5 heteroatoms. The van der Waals surface area contributed by atoms with Crippen molar-refractivity contribution in [2.75, 3.05) is 13.1 Å². The monoisotopic (exact) mass is 274 g/mol. The van der Waals surface area contributed by atoms with Gasteiger partial charge in [0.15, 0.2) is 0 Å². The van der Waals surface area contributed by atoms with Crippen molar-refractivity contribution in [2.45, 2.75) is 51.7 Å². The second-order valence-corrected chi connectivity index (χ2v) is 6.85. The zero-order chi connectivity index (χ0) is 14.5. The molecule has 0 unspecified atom stereocenters. The van der Waals surface area contributed by atoms with Crippen molar-refractivity contribution in [3.8, 4) is 0 Å². The fourth-order valence-corrected chi connectivity index (χ4v) is 2.63. The molecular weight excluding hydrogens is 251 g/mol. The van der Waals surface area contributed by atoms with Crippen LogP contribution in [0.2, 0.25) is 0 Å². The molecular formula is C15H23BN2O2. The minimum absolute atomic E-state index is 0.316. The van der Waals surface area contributed by atoms with Gasteiger partial charge in [-0.2, -0.15) is 0 Å². The average molecular weight is 274 g/mol. The van der Waals surface area contributed by atoms with Crippen LogP contribution >= 0.6 is 0 Å². The number of aromatic nitrogens is 1. The van der Waals surface area contributed by atoms with Crippen LogP contribution in [0.25, 0.3) is 0 Å². The zero-order valence-electron chi connectivity index (χ0n) is 13.0. The Bertz CT molecular complexity index is 511. The molecule has 0 bridgehead atoms. The Morgan fingerprint density at radius 3 is 2.20 bits per heavy atom. The molecule has 0 atom stereocenters. The number of pyridine rings is 1. The van der Waals surface area contributed by atoms with E-state index in [4.69, 9.17) is 14.3 Å². The summed E-state index contributed by atoms with van der Waals surface area (Å²) in [4.78, 5) is 4.71. The smallest absolute Gasteiger partial charge is 0.398 e. The van der Waals surface area contributed by atoms with Crippen molar-refractivity contribution in [3.63, 3.8) is 0 Å². The first-order chi connectivity index (χ1) is 9.30. The lowest BCUT2D eigenvalue weighted by atomic mass is 9.82. The minimum atomic E-state index is -0.368. The number of rotatable bonds is 2. The second-order valence-electron chi connectivity index (χ2n) is 6.85. The van der Waals surface area contributed by atoms with Gasteiger partial charge in [-0.3, -0.25) is 4.98 Å². The lowest BCUT2D eigenvalue weighted by Gasteiger charge is -2.32. The number of hydrogen-bond donors (Lipinski definition) is 1. The molecule has 108 valence electrons. The van der Waals surface area contributed by atoms with Crippen molar-refractivity contribution in [3.05, 3.63) is 23.4 Å². The predicted molar refractivity (Wildman–Crippen MR) is 80.3 cm³/mol. The van der Waals surface area contributed by atoms with E-state index in [2.05, 4.69) is 46.0 Å². The highest BCUT2D eigenvalue weighted by Gasteiger charge is 2.52. The normalized spacial score (nSPS) is 24.8. The van der Waals surface area contributed by atoms with Gasteiger partial charge < -0.3 is 14.6 Å². The predicted octanol–water partition coefficient (Wildman–Crippen LogP) is 1.38. The first-order valence-corrected chi connectivity index (χ1v) is 7.34. The first kappa shape index (κ1) is 14.0. The first-order valence-electron chi connectivity index (χ1n) is 7.34. The van der Waals surface area contributed by atoms with Gasteiger partial charge >= 0.3 is 7.12 Å². The van der Waals surface area contributed by atoms with Gasteiger partial charge in [0.05, 0.1) is 16.8 Å². The Morgan fingerprint density at radius 1 is 1.15 bits per heavy atom. The summed E-state index contributed by atoms with van der Waals surface area (Å²) in [5.74, 6) is 0.606. The van der Waals surface area contributed by atoms with Crippen molar-refractivity contribution in [1.29, 1.82) is 0 Å². The Morgan fingerprint density at radius 2 is 1.75 bits per heavy atom. The molecule has 4 nitrogen and oxygen atoms in total. The lowest BCUT2D eigenvalue weighted by Crippen LogP contribution is -2.41. The van der Waals surface area contributed by atoms with Crippen LogP contribution < -0.4 is 10.9 Å². The summed E-state index contributed by atoms with van der Waals surface area (Å²) in [6.45, 7) is 12.4. The van der Waals surface area contributed by atoms with Gasteiger partial charge in [-0.05, 0) is 46.2 Å². The van der Waals surface area contributed by atoms with Gasteiger partial charge in [0, 0.05) is 24.7 Å². The topological polar surface area (TPSA) is 43.4 Å². The largest absolute Gasteiger partial charge is 0.514 e. The van der Waals surface area contributed by atoms with Crippen molar-refractivity contribution < 1.29 is 9.31 Å². The van der Waals surface area contributed by atoms with E-state index >= 15 is 0 Å². The summed E-state index contributed by atoms with van der Waals surface area (Å²) >= 11 is 0. The number of nitrogens with zero attached hydrogens (tertiary/aromatic N) is 1. The summed E-state index contributed by atoms with van der Waals surface area (Å²) in [5.41, 5.74) is 2.66. The molecule has 0 radical (unpaired) electrons. The molecule has 2 fully saturated rings. The molecule has 0 aliphatic carbocycles. The summed E-state index contributed by atoms with van der Waals surface area (Å²) < 4.78 is 12.1. The Labute approximate surface area is 121 Å². The van der Waals surface area contributed by atoms with Gasteiger partial charge in [0.1, 0.15) is 0 Å². The maximum atomic E-state index is 6.05. The molecule has 3 heterocycles. The Hall–Kier alpha value is -0.905. The van der Waals surface area contributed by atoms with Crippen LogP contribution in [0.3, 0.4) is 0 Å². The lowest BCUT2D eigenvalue weighted by molar-refractivity contribution is 0.00578. The molecule has 2 saturated heterocycles. The van der Waals surface area contributed by atoms with Crippen LogP contribution in [-0.4, -0.2) is 36.4 Å². The standard InChI is InChI=1S/C15H23BN2O2/c1-10-12(11-8-17-9-11)6-7-13(18-10)16-19-14(2,3)15(4,5)20-16/h6-7,11,17H,8-9H2,1-5H3. The quantitative estimate of drug-likeness (QED) is 0.827. The van der Waals surface area contributed by atoms with E-state index in [1.54, 1.807) is 0 Å². The molecule has 3 rings (SSSR count). The molecule has 0 spiro atoms. The third kappa shape index (κ3) is 2.18. The van der Waals surface area contributed by atoms with Gasteiger partial charge in [0.25, 0.3) is 0 Å². The van der Waals surface area contributed by atoms with E-state index in [-0.39, 0.29) is 18.3 Å². The third-order valence-corrected chi connectivity index (χ3v) is 4.86. The summed E-state index contributed by atoms with van der Waals surface area (Å²) in [7, 11) is -0.368. The summed E-state index contributed by atoms with van der Waals surface area (Å²) in [6, 6.07) is 4.22. The maximum Gasteiger partial charge on any atom is 0.514 e. The highest BCUT2D eigenvalue weighted by atomic mass is 16.7. The molecule has 0 aromatic carbocycles. The maximum absolute atomic E-state index is 6.05. The molecule has 20 heavy (non-hydrogen) atoms. The van der Waals surface area contributed by atoms with Gasteiger partial charge in [0.2, 0.25) is 0 Å². The number of nitrogens with one attached hydrogen (secondary N) is 1. The molecule has 1 N–H and O–H groups in total. The van der Waals surface area contributed by atoms with Crippen molar-refractivity contribution in [2.24, 2.45) is 0 Å². The second kappa shape index (κ2) is 4.55. The molecule has 1 aromatic heterocycles. The highest BCUT2D eigenvalue weighted by molar-refractivity contribution is 6.61. The fraction of sp³-hybridized carbons (Fsp3) is 0.667. The SMILES string of the molecule is Cc1nc(B2OC(C)(C)C(C)(C)O2)ccc1C1CNC1. The molecule has 2 aliphatic heterocycles. The molecule has 2 aliphatic rings. The Balaban J connectivity index is 1.83. The van der Waals surface area contributed by atoms with Crippen molar-refractivity contribution >= 4 is 12.7 Å². The van der Waals surface area contributed by atoms with Crippen LogP contribution in [-0.2, 0) is 9.31 Å². The van der Waals surface area contributed by atoms with Crippen LogP contribution in [0.4, 0.5) is 0 Å². The molecule has 0 saturated carbocycles. The van der Waals surface area contributed by atoms with Gasteiger partial charge in [-0.1, -0.05) is 6.07 Å². The van der Waals surface area contributed by atoms with Crippen LogP contribution in [0.5, 0.6) is 0 Å². The fourth-order valence-electron chi connectivity index (χ4n) is 2.63. The highest BCUT2D eigenvalue weighted by Crippen LogP contribution is 2.36. The summed E-state index contributed by atoms with van der Waals surface area (Å²) in [6.07, 6.45) is 0. The average Bonchev–Trinajstić information content (AvgIpc) is 2.48. The van der Waals surface area contributed by atoms with E-state index in [0.29, 0.717) is 5.92 Å². The number of hydrogen-bond acceptors (Lipinski definition) is 4. The molecule has 1 aromatic rings. The van der Waals surface area contributed by atoms with E-state index < -0.39 is 0 Å². The minimum Gasteiger partial charge on any atom is -0.398 e. The zero-order valence-corrected chi connectivity index (χ0v) is 13.0. The van der Waals surface area contributed by atoms with Crippen LogP contribution in [0.1, 0.15) is 44.9 Å². The van der Waals surface area contributed by atoms with E-state index in [0.717, 1.165) is 24.4 Å². The molecule has 0 amide bonds. The van der Waals surface area contributed by atoms with E-state index in [9.17, 15) is 0 Å². The Kier molecular flexibility index (Phi) is 3.20. The summed E-state index contributed by atoms with van der Waals surface area (Å²) in [5, 5.41) is 3.30. The van der Waals surface area contributed by atoms with Gasteiger partial charge in [-0.15, -0.1) is 0 Å². The van der Waals surface area contributed by atoms with Crippen molar-refractivity contribution in [1.82, 2.24) is 10.3 Å². The number of aryl methyl sites for hydroxylation is 1. The van der Waals surface area contributed by atoms with E-state index in [1.165, 1.54) is 5.56 Å². The van der Waals surface area contributed by atoms with Crippen LogP contribution in [0.15, 0.2) is 12.1 Å². The van der Waals surface area contributed by atoms with Crippen LogP contribution in [0, 0.1) is 6.92 Å². The van der Waals surface area contributed by atoms with Gasteiger partial charge in [-0.25, -0.2) is 0 Å².